The number of aryl methyl sites for hydroxylation is 1. The standard InChI is InChI=1S/C18H20ClF2N3O3/c1-10(2)24-14(6-7-15(25)22-3)23-17(16(19)18(24)26)27-9-11-4-5-12(20)8-13(11)21/h4-5,8,10H,6-7,9H2,1-3H3,(H,22,25). The summed E-state index contributed by atoms with van der Waals surface area (Å²) in [5.41, 5.74) is -0.419. The average Bonchev–Trinajstić information content (AvgIpc) is 2.61. The van der Waals surface area contributed by atoms with Crippen molar-refractivity contribution in [3.63, 3.8) is 0 Å². The van der Waals surface area contributed by atoms with E-state index in [9.17, 15) is 18.4 Å². The lowest BCUT2D eigenvalue weighted by atomic mass is 10.2. The van der Waals surface area contributed by atoms with Gasteiger partial charge >= 0.3 is 0 Å². The summed E-state index contributed by atoms with van der Waals surface area (Å²) >= 11 is 6.08. The van der Waals surface area contributed by atoms with Gasteiger partial charge in [0.2, 0.25) is 11.8 Å². The Balaban J connectivity index is 2.33. The van der Waals surface area contributed by atoms with E-state index in [1.807, 2.05) is 0 Å². The topological polar surface area (TPSA) is 73.2 Å². The molecular weight excluding hydrogens is 380 g/mol. The van der Waals surface area contributed by atoms with Crippen molar-refractivity contribution >= 4 is 17.5 Å². The van der Waals surface area contributed by atoms with Crippen molar-refractivity contribution in [2.75, 3.05) is 7.05 Å². The van der Waals surface area contributed by atoms with Crippen LogP contribution in [0.1, 0.15) is 37.7 Å². The third-order valence-electron chi connectivity index (χ3n) is 3.85. The highest BCUT2D eigenvalue weighted by atomic mass is 35.5. The van der Waals surface area contributed by atoms with Gasteiger partial charge in [-0.15, -0.1) is 0 Å². The van der Waals surface area contributed by atoms with E-state index in [0.717, 1.165) is 12.1 Å². The SMILES string of the molecule is CNC(=O)CCc1nc(OCc2ccc(F)cc2F)c(Cl)c(=O)n1C(C)C. The molecule has 6 nitrogen and oxygen atoms in total. The molecule has 0 atom stereocenters. The van der Waals surface area contributed by atoms with E-state index in [2.05, 4.69) is 10.3 Å². The zero-order valence-corrected chi connectivity index (χ0v) is 15.9. The molecule has 0 aliphatic heterocycles. The van der Waals surface area contributed by atoms with Crippen LogP contribution in [0.3, 0.4) is 0 Å². The molecule has 2 aromatic rings. The first-order valence-corrected chi connectivity index (χ1v) is 8.70. The second-order valence-electron chi connectivity index (χ2n) is 6.11. The molecule has 0 saturated heterocycles. The minimum absolute atomic E-state index is 0.0919. The molecule has 9 heteroatoms. The summed E-state index contributed by atoms with van der Waals surface area (Å²) in [6, 6.07) is 2.84. The second kappa shape index (κ2) is 8.94. The third-order valence-corrected chi connectivity index (χ3v) is 4.18. The Morgan fingerprint density at radius 1 is 1.37 bits per heavy atom. The van der Waals surface area contributed by atoms with Crippen molar-refractivity contribution in [2.24, 2.45) is 0 Å². The molecule has 1 N–H and O–H groups in total. The number of nitrogens with one attached hydrogen (secondary N) is 1. The van der Waals surface area contributed by atoms with Gasteiger partial charge in [0.25, 0.3) is 5.56 Å². The quantitative estimate of drug-likeness (QED) is 0.776. The van der Waals surface area contributed by atoms with E-state index in [-0.39, 0.29) is 47.9 Å². The lowest BCUT2D eigenvalue weighted by Gasteiger charge is -2.18. The van der Waals surface area contributed by atoms with Gasteiger partial charge < -0.3 is 10.1 Å². The van der Waals surface area contributed by atoms with E-state index >= 15 is 0 Å². The summed E-state index contributed by atoms with van der Waals surface area (Å²) in [7, 11) is 1.51. The molecule has 146 valence electrons. The Morgan fingerprint density at radius 3 is 2.67 bits per heavy atom. The molecule has 1 aromatic carbocycles. The number of hydrogen-bond donors (Lipinski definition) is 1. The zero-order chi connectivity index (χ0) is 20.1. The predicted octanol–water partition coefficient (Wildman–Crippen LogP) is 3.01. The highest BCUT2D eigenvalue weighted by Gasteiger charge is 2.19. The normalized spacial score (nSPS) is 10.9. The van der Waals surface area contributed by atoms with Crippen LogP contribution in [-0.4, -0.2) is 22.5 Å². The van der Waals surface area contributed by atoms with Crippen LogP contribution >= 0.6 is 11.6 Å². The first-order valence-electron chi connectivity index (χ1n) is 8.32. The summed E-state index contributed by atoms with van der Waals surface area (Å²) in [6.07, 6.45) is 0.328. The summed E-state index contributed by atoms with van der Waals surface area (Å²) in [6.45, 7) is 3.30. The van der Waals surface area contributed by atoms with Gasteiger partial charge in [-0.1, -0.05) is 11.6 Å². The van der Waals surface area contributed by atoms with Crippen molar-refractivity contribution in [1.82, 2.24) is 14.9 Å². The number of benzene rings is 1. The lowest BCUT2D eigenvalue weighted by molar-refractivity contribution is -0.120. The third kappa shape index (κ3) is 5.03. The van der Waals surface area contributed by atoms with Crippen molar-refractivity contribution < 1.29 is 18.3 Å². The number of carbonyl (C=O) groups excluding carboxylic acids is 1. The number of ether oxygens (including phenoxy) is 1. The van der Waals surface area contributed by atoms with Gasteiger partial charge in [0.05, 0.1) is 0 Å². The first kappa shape index (κ1) is 20.8. The van der Waals surface area contributed by atoms with Crippen LogP contribution in [0.4, 0.5) is 8.78 Å². The van der Waals surface area contributed by atoms with Gasteiger partial charge in [-0.3, -0.25) is 14.2 Å². The molecule has 0 fully saturated rings. The maximum Gasteiger partial charge on any atom is 0.276 e. The Kier molecular flexibility index (Phi) is 6.90. The molecule has 0 saturated carbocycles. The van der Waals surface area contributed by atoms with Crippen LogP contribution in [0, 0.1) is 11.6 Å². The molecule has 27 heavy (non-hydrogen) atoms. The summed E-state index contributed by atoms with van der Waals surface area (Å²) in [5, 5.41) is 2.26. The van der Waals surface area contributed by atoms with E-state index in [1.54, 1.807) is 13.8 Å². The maximum absolute atomic E-state index is 13.7. The van der Waals surface area contributed by atoms with Gasteiger partial charge in [0, 0.05) is 37.6 Å². The molecule has 0 spiro atoms. The molecule has 1 aromatic heterocycles. The first-order chi connectivity index (χ1) is 12.7. The summed E-state index contributed by atoms with van der Waals surface area (Å²) < 4.78 is 33.5. The molecule has 1 amide bonds. The molecule has 2 rings (SSSR count). The molecule has 0 aliphatic rings. The largest absolute Gasteiger partial charge is 0.471 e. The Labute approximate surface area is 160 Å². The molecule has 0 radical (unpaired) electrons. The maximum atomic E-state index is 13.7. The molecular formula is C18H20ClF2N3O3. The number of aromatic nitrogens is 2. The predicted molar refractivity (Wildman–Crippen MR) is 97.0 cm³/mol. The minimum Gasteiger partial charge on any atom is -0.471 e. The molecule has 0 unspecified atom stereocenters. The molecule has 0 aliphatic carbocycles. The van der Waals surface area contributed by atoms with Crippen molar-refractivity contribution in [1.29, 1.82) is 0 Å². The van der Waals surface area contributed by atoms with Gasteiger partial charge in [0.15, 0.2) is 5.02 Å². The number of nitrogens with zero attached hydrogens (tertiary/aromatic N) is 2. The number of carbonyl (C=O) groups is 1. The minimum atomic E-state index is -0.776. The fourth-order valence-electron chi connectivity index (χ4n) is 2.47. The fraction of sp³-hybridized carbons (Fsp3) is 0.389. The van der Waals surface area contributed by atoms with E-state index in [1.165, 1.54) is 17.7 Å². The summed E-state index contributed by atoms with van der Waals surface area (Å²) in [4.78, 5) is 28.4. The van der Waals surface area contributed by atoms with Crippen LogP contribution in [0.15, 0.2) is 23.0 Å². The van der Waals surface area contributed by atoms with Crippen LogP contribution < -0.4 is 15.6 Å². The summed E-state index contributed by atoms with van der Waals surface area (Å²) in [5.74, 6) is -1.51. The number of halogens is 3. The highest BCUT2D eigenvalue weighted by Crippen LogP contribution is 2.22. The average molecular weight is 400 g/mol. The van der Waals surface area contributed by atoms with Crippen LogP contribution in [-0.2, 0) is 17.8 Å². The monoisotopic (exact) mass is 399 g/mol. The van der Waals surface area contributed by atoms with Crippen molar-refractivity contribution in [3.05, 3.63) is 56.6 Å². The van der Waals surface area contributed by atoms with E-state index < -0.39 is 17.2 Å². The van der Waals surface area contributed by atoms with Gasteiger partial charge in [-0.05, 0) is 26.0 Å². The second-order valence-corrected chi connectivity index (χ2v) is 6.49. The van der Waals surface area contributed by atoms with Gasteiger partial charge in [-0.2, -0.15) is 4.98 Å². The Bertz CT molecular complexity index is 900. The van der Waals surface area contributed by atoms with Crippen molar-refractivity contribution in [2.45, 2.75) is 39.3 Å². The zero-order valence-electron chi connectivity index (χ0n) is 15.2. The molecule has 0 bridgehead atoms. The van der Waals surface area contributed by atoms with E-state index in [4.69, 9.17) is 16.3 Å². The Morgan fingerprint density at radius 2 is 2.07 bits per heavy atom. The van der Waals surface area contributed by atoms with Gasteiger partial charge in [-0.25, -0.2) is 8.78 Å². The van der Waals surface area contributed by atoms with Crippen LogP contribution in [0.5, 0.6) is 5.88 Å². The molecule has 1 heterocycles. The number of rotatable bonds is 7. The fourth-order valence-corrected chi connectivity index (χ4v) is 2.66. The Hall–Kier alpha value is -2.48. The lowest BCUT2D eigenvalue weighted by Crippen LogP contribution is -2.29. The van der Waals surface area contributed by atoms with Gasteiger partial charge in [0.1, 0.15) is 24.1 Å². The van der Waals surface area contributed by atoms with Crippen molar-refractivity contribution in [3.8, 4) is 5.88 Å². The smallest absolute Gasteiger partial charge is 0.276 e. The number of amides is 1. The van der Waals surface area contributed by atoms with Crippen LogP contribution in [0.25, 0.3) is 0 Å². The number of hydrogen-bond acceptors (Lipinski definition) is 4. The highest BCUT2D eigenvalue weighted by molar-refractivity contribution is 6.31. The van der Waals surface area contributed by atoms with E-state index in [0.29, 0.717) is 5.82 Å². The van der Waals surface area contributed by atoms with Crippen LogP contribution in [0.2, 0.25) is 5.02 Å².